The molecule has 7 heteroatoms. The Hall–Kier alpha value is -1.22. The van der Waals surface area contributed by atoms with Gasteiger partial charge in [-0.15, -0.1) is 24.0 Å². The summed E-state index contributed by atoms with van der Waals surface area (Å²) in [5, 5.41) is 6.75. The van der Waals surface area contributed by atoms with E-state index in [2.05, 4.69) is 34.6 Å². The van der Waals surface area contributed by atoms with Gasteiger partial charge in [0.25, 0.3) is 0 Å². The summed E-state index contributed by atoms with van der Waals surface area (Å²) in [4.78, 5) is 7.27. The Balaban J connectivity index is 0.00000261. The highest BCUT2D eigenvalue weighted by atomic mass is 127. The fraction of sp³-hybridized carbons (Fsp3) is 0.650. The van der Waals surface area contributed by atoms with Crippen molar-refractivity contribution in [3.05, 3.63) is 23.8 Å². The Labute approximate surface area is 180 Å². The highest BCUT2D eigenvalue weighted by Crippen LogP contribution is 2.32. The van der Waals surface area contributed by atoms with Gasteiger partial charge in [0.2, 0.25) is 6.79 Å². The lowest BCUT2D eigenvalue weighted by molar-refractivity contribution is 0.174. The number of rotatable bonds is 9. The van der Waals surface area contributed by atoms with Gasteiger partial charge in [0.05, 0.1) is 0 Å². The molecule has 0 bridgehead atoms. The van der Waals surface area contributed by atoms with Crippen LogP contribution in [0, 0.1) is 0 Å². The van der Waals surface area contributed by atoms with Gasteiger partial charge in [-0.1, -0.05) is 6.07 Å². The number of halogens is 1. The largest absolute Gasteiger partial charge is 0.454 e. The van der Waals surface area contributed by atoms with Gasteiger partial charge in [0.1, 0.15) is 0 Å². The lowest BCUT2D eigenvalue weighted by Gasteiger charge is -2.14. The second-order valence-electron chi connectivity index (χ2n) is 6.88. The number of benzene rings is 1. The molecule has 2 heterocycles. The Bertz CT molecular complexity index is 591. The molecule has 152 valence electrons. The Morgan fingerprint density at radius 1 is 1.11 bits per heavy atom. The van der Waals surface area contributed by atoms with Crippen LogP contribution in [0.4, 0.5) is 0 Å². The lowest BCUT2D eigenvalue weighted by Crippen LogP contribution is -2.38. The predicted octanol–water partition coefficient (Wildman–Crippen LogP) is 3.01. The molecule has 0 radical (unpaired) electrons. The lowest BCUT2D eigenvalue weighted by atomic mass is 10.1. The summed E-state index contributed by atoms with van der Waals surface area (Å²) >= 11 is 0. The maximum Gasteiger partial charge on any atom is 0.231 e. The number of fused-ring (bicyclic) bond motifs is 1. The van der Waals surface area contributed by atoms with Crippen molar-refractivity contribution in [1.82, 2.24) is 15.5 Å². The average molecular weight is 488 g/mol. The van der Waals surface area contributed by atoms with Gasteiger partial charge in [-0.25, -0.2) is 0 Å². The van der Waals surface area contributed by atoms with E-state index in [1.807, 2.05) is 6.07 Å². The molecule has 0 atom stereocenters. The van der Waals surface area contributed by atoms with Crippen molar-refractivity contribution in [1.29, 1.82) is 0 Å². The number of nitrogens with one attached hydrogen (secondary N) is 2. The van der Waals surface area contributed by atoms with Crippen LogP contribution in [0.2, 0.25) is 0 Å². The number of ether oxygens (including phenoxy) is 2. The Morgan fingerprint density at radius 3 is 2.74 bits per heavy atom. The Morgan fingerprint density at radius 2 is 1.93 bits per heavy atom. The smallest absolute Gasteiger partial charge is 0.231 e. The van der Waals surface area contributed by atoms with E-state index in [-0.39, 0.29) is 24.0 Å². The van der Waals surface area contributed by atoms with Gasteiger partial charge in [-0.3, -0.25) is 4.99 Å². The summed E-state index contributed by atoms with van der Waals surface area (Å²) in [6, 6.07) is 6.14. The number of unbranched alkanes of at least 4 members (excludes halogenated alkanes) is 1. The fourth-order valence-corrected chi connectivity index (χ4v) is 3.41. The molecule has 0 amide bonds. The normalized spacial score (nSPS) is 16.3. The summed E-state index contributed by atoms with van der Waals surface area (Å²) in [6.45, 7) is 8.83. The van der Waals surface area contributed by atoms with Crippen molar-refractivity contribution in [2.45, 2.75) is 39.0 Å². The molecule has 1 aromatic rings. The zero-order chi connectivity index (χ0) is 18.0. The molecule has 2 aliphatic rings. The molecule has 1 fully saturated rings. The van der Waals surface area contributed by atoms with Crippen molar-refractivity contribution in [2.24, 2.45) is 4.99 Å². The standard InChI is InChI=1S/C20H32N4O2.HI/c1-2-21-20(22-10-3-4-12-24-13-5-6-14-24)23-11-9-17-7-8-18-19(15-17)26-16-25-18;/h7-8,15H,2-6,9-14,16H2,1H3,(H2,21,22,23);1H. The summed E-state index contributed by atoms with van der Waals surface area (Å²) in [5.74, 6) is 2.60. The molecule has 1 aromatic carbocycles. The summed E-state index contributed by atoms with van der Waals surface area (Å²) in [5.41, 5.74) is 1.24. The van der Waals surface area contributed by atoms with Crippen LogP contribution in [0.15, 0.2) is 23.2 Å². The maximum atomic E-state index is 5.44. The molecule has 3 rings (SSSR count). The third-order valence-electron chi connectivity index (χ3n) is 4.84. The second kappa shape index (κ2) is 12.3. The first kappa shape index (κ1) is 22.1. The molecule has 0 aliphatic carbocycles. The number of nitrogens with zero attached hydrogens (tertiary/aromatic N) is 2. The molecule has 0 aromatic heterocycles. The number of likely N-dealkylation sites (tertiary alicyclic amines) is 1. The van der Waals surface area contributed by atoms with Crippen LogP contribution >= 0.6 is 24.0 Å². The van der Waals surface area contributed by atoms with Crippen LogP contribution in [0.1, 0.15) is 38.2 Å². The molecule has 1 saturated heterocycles. The molecule has 6 nitrogen and oxygen atoms in total. The SMILES string of the molecule is CCNC(=NCCCCN1CCCC1)NCCc1ccc2c(c1)OCO2.I. The molecule has 0 spiro atoms. The van der Waals surface area contributed by atoms with E-state index in [4.69, 9.17) is 14.5 Å². The van der Waals surface area contributed by atoms with Crippen molar-refractivity contribution >= 4 is 29.9 Å². The first-order valence-corrected chi connectivity index (χ1v) is 9.98. The minimum Gasteiger partial charge on any atom is -0.454 e. The molecule has 0 saturated carbocycles. The fourth-order valence-electron chi connectivity index (χ4n) is 3.41. The summed E-state index contributed by atoms with van der Waals surface area (Å²) in [6.07, 6.45) is 6.05. The van der Waals surface area contributed by atoms with Crippen molar-refractivity contribution < 1.29 is 9.47 Å². The third kappa shape index (κ3) is 7.37. The van der Waals surface area contributed by atoms with Gasteiger partial charge in [0, 0.05) is 19.6 Å². The third-order valence-corrected chi connectivity index (χ3v) is 4.84. The van der Waals surface area contributed by atoms with E-state index in [0.717, 1.165) is 49.9 Å². The average Bonchev–Trinajstić information content (AvgIpc) is 3.32. The second-order valence-corrected chi connectivity index (χ2v) is 6.88. The minimum atomic E-state index is 0. The van der Waals surface area contributed by atoms with Crippen molar-refractivity contribution in [2.75, 3.05) is 46.1 Å². The highest BCUT2D eigenvalue weighted by molar-refractivity contribution is 14.0. The maximum absolute atomic E-state index is 5.44. The number of guanidine groups is 1. The number of hydrogen-bond acceptors (Lipinski definition) is 4. The van der Waals surface area contributed by atoms with Gasteiger partial charge < -0.3 is 25.0 Å². The molecule has 27 heavy (non-hydrogen) atoms. The zero-order valence-corrected chi connectivity index (χ0v) is 18.7. The van der Waals surface area contributed by atoms with Gasteiger partial charge in [-0.05, 0) is 76.4 Å². The summed E-state index contributed by atoms with van der Waals surface area (Å²) in [7, 11) is 0. The molecular formula is C20H33IN4O2. The first-order chi connectivity index (χ1) is 12.8. The van der Waals surface area contributed by atoms with E-state index < -0.39 is 0 Å². The predicted molar refractivity (Wildman–Crippen MR) is 121 cm³/mol. The minimum absolute atomic E-state index is 0. The van der Waals surface area contributed by atoms with Crippen LogP contribution in [0.3, 0.4) is 0 Å². The molecule has 0 unspecified atom stereocenters. The van der Waals surface area contributed by atoms with E-state index >= 15 is 0 Å². The van der Waals surface area contributed by atoms with Crippen LogP contribution in [0.5, 0.6) is 11.5 Å². The summed E-state index contributed by atoms with van der Waals surface area (Å²) < 4.78 is 10.8. The van der Waals surface area contributed by atoms with Crippen molar-refractivity contribution in [3.63, 3.8) is 0 Å². The van der Waals surface area contributed by atoms with E-state index in [1.54, 1.807) is 0 Å². The quantitative estimate of drug-likeness (QED) is 0.242. The van der Waals surface area contributed by atoms with Crippen LogP contribution < -0.4 is 20.1 Å². The van der Waals surface area contributed by atoms with Crippen LogP contribution in [-0.2, 0) is 6.42 Å². The van der Waals surface area contributed by atoms with Gasteiger partial charge in [0.15, 0.2) is 17.5 Å². The van der Waals surface area contributed by atoms with Gasteiger partial charge >= 0.3 is 0 Å². The number of aliphatic imine (C=N–C) groups is 1. The Kier molecular flexibility index (Phi) is 10.0. The first-order valence-electron chi connectivity index (χ1n) is 9.98. The molecule has 2 N–H and O–H groups in total. The topological polar surface area (TPSA) is 58.1 Å². The monoisotopic (exact) mass is 488 g/mol. The number of hydrogen-bond donors (Lipinski definition) is 2. The van der Waals surface area contributed by atoms with E-state index in [0.29, 0.717) is 6.79 Å². The zero-order valence-electron chi connectivity index (χ0n) is 16.3. The molecular weight excluding hydrogens is 455 g/mol. The van der Waals surface area contributed by atoms with Crippen LogP contribution in [0.25, 0.3) is 0 Å². The highest BCUT2D eigenvalue weighted by Gasteiger charge is 2.13. The van der Waals surface area contributed by atoms with Gasteiger partial charge in [-0.2, -0.15) is 0 Å². The molecule has 2 aliphatic heterocycles. The van der Waals surface area contributed by atoms with E-state index in [9.17, 15) is 0 Å². The van der Waals surface area contributed by atoms with E-state index in [1.165, 1.54) is 44.5 Å². The van der Waals surface area contributed by atoms with Crippen molar-refractivity contribution in [3.8, 4) is 11.5 Å². The van der Waals surface area contributed by atoms with Crippen LogP contribution in [-0.4, -0.2) is 56.9 Å².